The van der Waals surface area contributed by atoms with Gasteiger partial charge in [-0.25, -0.2) is 4.39 Å². The van der Waals surface area contributed by atoms with Crippen molar-refractivity contribution in [1.82, 2.24) is 0 Å². The molecule has 0 aromatic heterocycles. The molecule has 0 radical (unpaired) electrons. The van der Waals surface area contributed by atoms with E-state index in [9.17, 15) is 9.50 Å². The van der Waals surface area contributed by atoms with Crippen LogP contribution in [-0.2, 0) is 6.42 Å². The summed E-state index contributed by atoms with van der Waals surface area (Å²) in [6.45, 7) is 7.06. The largest absolute Gasteiger partial charge is 0.385 e. The fraction of sp³-hybridized carbons (Fsp3) is 0.333. The monoisotopic (exact) mass is 194 g/mol. The molecule has 76 valence electrons. The van der Waals surface area contributed by atoms with Gasteiger partial charge in [0.2, 0.25) is 0 Å². The molecule has 1 atom stereocenters. The van der Waals surface area contributed by atoms with E-state index in [1.165, 1.54) is 6.07 Å². The Balaban J connectivity index is 2.89. The number of halogens is 1. The van der Waals surface area contributed by atoms with Gasteiger partial charge < -0.3 is 5.11 Å². The summed E-state index contributed by atoms with van der Waals surface area (Å²) in [7, 11) is 0. The zero-order valence-electron chi connectivity index (χ0n) is 8.55. The highest BCUT2D eigenvalue weighted by Crippen LogP contribution is 2.21. The molecule has 1 rings (SSSR count). The number of benzene rings is 1. The summed E-state index contributed by atoms with van der Waals surface area (Å²) in [4.78, 5) is 0. The average molecular weight is 194 g/mol. The van der Waals surface area contributed by atoms with Crippen molar-refractivity contribution in [3.63, 3.8) is 0 Å². The van der Waals surface area contributed by atoms with Gasteiger partial charge in [0, 0.05) is 6.42 Å². The van der Waals surface area contributed by atoms with Gasteiger partial charge >= 0.3 is 0 Å². The van der Waals surface area contributed by atoms with E-state index in [1.807, 2.05) is 0 Å². The van der Waals surface area contributed by atoms with Crippen LogP contribution < -0.4 is 0 Å². The minimum absolute atomic E-state index is 0.259. The first-order valence-electron chi connectivity index (χ1n) is 4.55. The quantitative estimate of drug-likeness (QED) is 0.733. The predicted molar refractivity (Wildman–Crippen MR) is 55.5 cm³/mol. The summed E-state index contributed by atoms with van der Waals surface area (Å²) in [6, 6.07) is 6.46. The van der Waals surface area contributed by atoms with Crippen LogP contribution in [0.4, 0.5) is 4.39 Å². The lowest BCUT2D eigenvalue weighted by Crippen LogP contribution is -2.28. The Labute approximate surface area is 83.9 Å². The molecule has 1 N–H and O–H groups in total. The van der Waals surface area contributed by atoms with Crippen LogP contribution in [-0.4, -0.2) is 10.7 Å². The molecule has 2 heteroatoms. The van der Waals surface area contributed by atoms with Gasteiger partial charge in [-0.05, 0) is 31.1 Å². The van der Waals surface area contributed by atoms with Gasteiger partial charge in [0.05, 0.1) is 5.60 Å². The van der Waals surface area contributed by atoms with Crippen LogP contribution >= 0.6 is 0 Å². The maximum absolute atomic E-state index is 13.2. The fourth-order valence-electron chi connectivity index (χ4n) is 1.16. The van der Waals surface area contributed by atoms with E-state index in [-0.39, 0.29) is 12.2 Å². The molecule has 0 bridgehead atoms. The summed E-state index contributed by atoms with van der Waals surface area (Å²) in [5.41, 5.74) is 0.114. The summed E-state index contributed by atoms with van der Waals surface area (Å²) >= 11 is 0. The van der Waals surface area contributed by atoms with E-state index in [2.05, 4.69) is 6.58 Å². The highest BCUT2D eigenvalue weighted by molar-refractivity contribution is 5.22. The third-order valence-electron chi connectivity index (χ3n) is 2.41. The molecule has 1 unspecified atom stereocenters. The topological polar surface area (TPSA) is 20.2 Å². The molecule has 1 aromatic rings. The van der Waals surface area contributed by atoms with E-state index < -0.39 is 5.60 Å². The Hall–Kier alpha value is -1.15. The van der Waals surface area contributed by atoms with Crippen molar-refractivity contribution in [1.29, 1.82) is 0 Å². The molecule has 0 amide bonds. The number of aliphatic hydroxyl groups is 1. The molecule has 0 heterocycles. The third-order valence-corrected chi connectivity index (χ3v) is 2.41. The van der Waals surface area contributed by atoms with Crippen molar-refractivity contribution >= 4 is 0 Å². The summed E-state index contributed by atoms with van der Waals surface area (Å²) < 4.78 is 13.2. The molecule has 1 nitrogen and oxygen atoms in total. The molecule has 14 heavy (non-hydrogen) atoms. The first kappa shape index (κ1) is 10.9. The molecule has 0 aliphatic carbocycles. The average Bonchev–Trinajstić information content (AvgIpc) is 2.08. The summed E-state index contributed by atoms with van der Waals surface area (Å²) in [5.74, 6) is -0.283. The lowest BCUT2D eigenvalue weighted by Gasteiger charge is -2.23. The van der Waals surface area contributed by atoms with Gasteiger partial charge in [-0.1, -0.05) is 24.8 Å². The summed E-state index contributed by atoms with van der Waals surface area (Å²) in [5, 5.41) is 9.90. The maximum Gasteiger partial charge on any atom is 0.126 e. The second-order valence-electron chi connectivity index (χ2n) is 3.82. The number of rotatable bonds is 3. The van der Waals surface area contributed by atoms with Gasteiger partial charge in [-0.15, -0.1) is 0 Å². The van der Waals surface area contributed by atoms with E-state index in [1.54, 1.807) is 32.0 Å². The molecule has 0 aliphatic rings. The van der Waals surface area contributed by atoms with Gasteiger partial charge in [0.1, 0.15) is 5.82 Å². The SMILES string of the molecule is C=C(C)C(C)(O)Cc1ccccc1F. The van der Waals surface area contributed by atoms with Gasteiger partial charge in [-0.2, -0.15) is 0 Å². The van der Waals surface area contributed by atoms with E-state index in [0.29, 0.717) is 11.1 Å². The van der Waals surface area contributed by atoms with Crippen LogP contribution in [0.15, 0.2) is 36.4 Å². The van der Waals surface area contributed by atoms with Crippen LogP contribution in [0.25, 0.3) is 0 Å². The van der Waals surface area contributed by atoms with Crippen LogP contribution in [0.5, 0.6) is 0 Å². The van der Waals surface area contributed by atoms with Crippen LogP contribution in [0, 0.1) is 5.82 Å². The van der Waals surface area contributed by atoms with Crippen molar-refractivity contribution in [2.45, 2.75) is 25.9 Å². The normalized spacial score (nSPS) is 14.9. The first-order valence-corrected chi connectivity index (χ1v) is 4.55. The smallest absolute Gasteiger partial charge is 0.126 e. The van der Waals surface area contributed by atoms with E-state index in [0.717, 1.165) is 0 Å². The zero-order valence-corrected chi connectivity index (χ0v) is 8.55. The molecule has 0 spiro atoms. The molecule has 0 aliphatic heterocycles. The van der Waals surface area contributed by atoms with E-state index in [4.69, 9.17) is 0 Å². The fourth-order valence-corrected chi connectivity index (χ4v) is 1.16. The lowest BCUT2D eigenvalue weighted by atomic mass is 9.90. The Bertz CT molecular complexity index is 342. The number of hydrogen-bond acceptors (Lipinski definition) is 1. The van der Waals surface area contributed by atoms with Crippen molar-refractivity contribution in [2.75, 3.05) is 0 Å². The molecule has 1 aromatic carbocycles. The van der Waals surface area contributed by atoms with E-state index >= 15 is 0 Å². The lowest BCUT2D eigenvalue weighted by molar-refractivity contribution is 0.0986. The second kappa shape index (κ2) is 3.93. The van der Waals surface area contributed by atoms with Crippen molar-refractivity contribution in [2.24, 2.45) is 0 Å². The third kappa shape index (κ3) is 2.42. The number of hydrogen-bond donors (Lipinski definition) is 1. The Morgan fingerprint density at radius 3 is 2.57 bits per heavy atom. The van der Waals surface area contributed by atoms with Gasteiger partial charge in [0.15, 0.2) is 0 Å². The van der Waals surface area contributed by atoms with Crippen molar-refractivity contribution in [3.05, 3.63) is 47.8 Å². The maximum atomic E-state index is 13.2. The standard InChI is InChI=1S/C12H15FO/c1-9(2)12(3,14)8-10-6-4-5-7-11(10)13/h4-7,14H,1,8H2,2-3H3. The van der Waals surface area contributed by atoms with Crippen LogP contribution in [0.2, 0.25) is 0 Å². The zero-order chi connectivity index (χ0) is 10.8. The van der Waals surface area contributed by atoms with Crippen LogP contribution in [0.1, 0.15) is 19.4 Å². The predicted octanol–water partition coefficient (Wildman–Crippen LogP) is 2.70. The summed E-state index contributed by atoms with van der Waals surface area (Å²) in [6.07, 6.45) is 0.259. The molecule has 0 fully saturated rings. The Kier molecular flexibility index (Phi) is 3.06. The highest BCUT2D eigenvalue weighted by atomic mass is 19.1. The second-order valence-corrected chi connectivity index (χ2v) is 3.82. The Morgan fingerprint density at radius 1 is 1.50 bits per heavy atom. The van der Waals surface area contributed by atoms with Crippen LogP contribution in [0.3, 0.4) is 0 Å². The molecular weight excluding hydrogens is 179 g/mol. The van der Waals surface area contributed by atoms with Gasteiger partial charge in [0.25, 0.3) is 0 Å². The minimum atomic E-state index is -1.04. The minimum Gasteiger partial charge on any atom is -0.385 e. The molecule has 0 saturated carbocycles. The molecular formula is C12H15FO. The van der Waals surface area contributed by atoms with Gasteiger partial charge in [-0.3, -0.25) is 0 Å². The van der Waals surface area contributed by atoms with Crippen molar-refractivity contribution < 1.29 is 9.50 Å². The first-order chi connectivity index (χ1) is 6.43. The highest BCUT2D eigenvalue weighted by Gasteiger charge is 2.22. The molecule has 0 saturated heterocycles. The Morgan fingerprint density at radius 2 is 2.07 bits per heavy atom. The van der Waals surface area contributed by atoms with Crippen molar-refractivity contribution in [3.8, 4) is 0 Å².